The number of hydrogen-bond acceptors (Lipinski definition) is 11. The molecule has 4 aliphatic rings. The Hall–Kier alpha value is -4.44. The molecule has 4 fully saturated rings. The molecule has 282 valence electrons. The number of hydrogen-bond donors (Lipinski definition) is 3. The van der Waals surface area contributed by atoms with Crippen LogP contribution >= 0.6 is 0 Å². The van der Waals surface area contributed by atoms with Gasteiger partial charge in [-0.1, -0.05) is 26.8 Å². The third kappa shape index (κ3) is 8.27. The van der Waals surface area contributed by atoms with Crippen LogP contribution in [0.1, 0.15) is 72.1 Å². The van der Waals surface area contributed by atoms with Crippen LogP contribution < -0.4 is 24.8 Å². The Labute approximate surface area is 303 Å². The van der Waals surface area contributed by atoms with Crippen molar-refractivity contribution < 1.29 is 46.0 Å². The second-order valence-electron chi connectivity index (χ2n) is 15.1. The van der Waals surface area contributed by atoms with E-state index < -0.39 is 75.3 Å². The van der Waals surface area contributed by atoms with E-state index in [9.17, 15) is 27.6 Å². The van der Waals surface area contributed by atoms with Crippen molar-refractivity contribution in [1.29, 1.82) is 0 Å². The number of benzene rings is 1. The molecule has 3 saturated carbocycles. The lowest BCUT2D eigenvalue weighted by molar-refractivity contribution is -0.143. The molecule has 0 bridgehead atoms. The van der Waals surface area contributed by atoms with Crippen LogP contribution in [0.15, 0.2) is 43.1 Å². The molecule has 3 N–H and O–H groups in total. The minimum atomic E-state index is -4.42. The molecule has 6 rings (SSSR count). The quantitative estimate of drug-likeness (QED) is 0.256. The summed E-state index contributed by atoms with van der Waals surface area (Å²) in [6, 6.07) is 4.79. The monoisotopic (exact) mass is 741 g/mol. The van der Waals surface area contributed by atoms with Gasteiger partial charge in [-0.05, 0) is 68.6 Å². The van der Waals surface area contributed by atoms with Gasteiger partial charge in [0.25, 0.3) is 5.91 Å². The molecule has 2 heterocycles. The average molecular weight is 742 g/mol. The molecule has 1 aliphatic heterocycles. The first-order valence-electron chi connectivity index (χ1n) is 17.7. The maximum atomic E-state index is 14.5. The zero-order chi connectivity index (χ0) is 37.4. The van der Waals surface area contributed by atoms with Crippen LogP contribution in [0.3, 0.4) is 0 Å². The number of rotatable bonds is 13. The van der Waals surface area contributed by atoms with Crippen molar-refractivity contribution in [1.82, 2.24) is 25.2 Å². The summed E-state index contributed by atoms with van der Waals surface area (Å²) in [5.74, 6) is -1.67. The van der Waals surface area contributed by atoms with Crippen molar-refractivity contribution in [2.24, 2.45) is 11.3 Å². The smallest absolute Gasteiger partial charge is 0.408 e. The minimum Gasteiger partial charge on any atom is -0.497 e. The number of amides is 4. The molecule has 3 aliphatic carbocycles. The molecule has 0 radical (unpaired) electrons. The van der Waals surface area contributed by atoms with E-state index >= 15 is 0 Å². The molecular formula is C36H47N5O10S. The molecule has 15 nitrogen and oxygen atoms in total. The first kappa shape index (κ1) is 37.3. The van der Waals surface area contributed by atoms with Gasteiger partial charge in [0.05, 0.1) is 25.3 Å². The van der Waals surface area contributed by atoms with Crippen LogP contribution in [0.25, 0.3) is 10.9 Å². The van der Waals surface area contributed by atoms with Crippen LogP contribution in [0.5, 0.6) is 11.5 Å². The van der Waals surface area contributed by atoms with E-state index in [0.29, 0.717) is 35.2 Å². The van der Waals surface area contributed by atoms with Crippen LogP contribution in [-0.2, 0) is 33.6 Å². The van der Waals surface area contributed by atoms with Gasteiger partial charge in [-0.2, -0.15) is 8.42 Å². The van der Waals surface area contributed by atoms with Crippen LogP contribution in [0.2, 0.25) is 0 Å². The summed E-state index contributed by atoms with van der Waals surface area (Å²) in [7, 11) is -2.87. The van der Waals surface area contributed by atoms with E-state index in [-0.39, 0.29) is 25.5 Å². The van der Waals surface area contributed by atoms with Gasteiger partial charge >= 0.3 is 16.4 Å². The highest BCUT2D eigenvalue weighted by atomic mass is 32.2. The largest absolute Gasteiger partial charge is 0.497 e. The maximum absolute atomic E-state index is 14.5. The lowest BCUT2D eigenvalue weighted by atomic mass is 9.85. The number of pyridine rings is 1. The lowest BCUT2D eigenvalue weighted by Gasteiger charge is -2.35. The Balaban J connectivity index is 1.26. The van der Waals surface area contributed by atoms with E-state index in [1.54, 1.807) is 58.3 Å². The molecule has 1 aromatic carbocycles. The van der Waals surface area contributed by atoms with Gasteiger partial charge in [-0.15, -0.1) is 6.58 Å². The zero-order valence-electron chi connectivity index (χ0n) is 29.9. The zero-order valence-corrected chi connectivity index (χ0v) is 30.7. The molecule has 16 heteroatoms. The summed E-state index contributed by atoms with van der Waals surface area (Å²) in [6.45, 7) is 9.11. The van der Waals surface area contributed by atoms with Gasteiger partial charge in [0.2, 0.25) is 11.8 Å². The van der Waals surface area contributed by atoms with Gasteiger partial charge in [-0.3, -0.25) is 23.6 Å². The van der Waals surface area contributed by atoms with Gasteiger partial charge in [0.1, 0.15) is 41.3 Å². The fraction of sp³-hybridized carbons (Fsp3) is 0.583. The molecule has 0 spiro atoms. The Morgan fingerprint density at radius 2 is 1.79 bits per heavy atom. The molecule has 4 amide bonds. The average Bonchev–Trinajstić information content (AvgIpc) is 3.92. The lowest BCUT2D eigenvalue weighted by Crippen LogP contribution is -2.60. The molecule has 2 aromatic rings. The van der Waals surface area contributed by atoms with E-state index in [1.807, 2.05) is 4.72 Å². The number of aromatic nitrogens is 1. The molecule has 5 atom stereocenters. The van der Waals surface area contributed by atoms with Gasteiger partial charge in [-0.25, -0.2) is 9.52 Å². The number of ether oxygens (including phenoxy) is 3. The Morgan fingerprint density at radius 1 is 1.06 bits per heavy atom. The number of fused-ring (bicyclic) bond motifs is 1. The highest BCUT2D eigenvalue weighted by Crippen LogP contribution is 2.45. The molecular weight excluding hydrogens is 694 g/mol. The summed E-state index contributed by atoms with van der Waals surface area (Å²) >= 11 is 0. The number of nitrogens with zero attached hydrogens (tertiary/aromatic N) is 2. The van der Waals surface area contributed by atoms with Gasteiger partial charge in [0, 0.05) is 30.0 Å². The van der Waals surface area contributed by atoms with Gasteiger partial charge in [0.15, 0.2) is 0 Å². The summed E-state index contributed by atoms with van der Waals surface area (Å²) in [6.07, 6.45) is 5.59. The molecule has 52 heavy (non-hydrogen) atoms. The summed E-state index contributed by atoms with van der Waals surface area (Å²) in [5, 5.41) is 6.20. The van der Waals surface area contributed by atoms with E-state index in [0.717, 1.165) is 25.7 Å². The third-order valence-electron chi connectivity index (χ3n) is 10.1. The van der Waals surface area contributed by atoms with Crippen molar-refractivity contribution in [3.8, 4) is 11.5 Å². The van der Waals surface area contributed by atoms with Crippen LogP contribution in [0, 0.1) is 11.3 Å². The van der Waals surface area contributed by atoms with Crippen LogP contribution in [-0.4, -0.2) is 91.7 Å². The second kappa shape index (κ2) is 14.5. The molecule has 2 unspecified atom stereocenters. The summed E-state index contributed by atoms with van der Waals surface area (Å²) < 4.78 is 49.4. The number of carbonyl (C=O) groups excluding carboxylic acids is 4. The first-order valence-corrected chi connectivity index (χ1v) is 19.1. The van der Waals surface area contributed by atoms with Crippen molar-refractivity contribution in [3.05, 3.63) is 43.1 Å². The number of carbonyl (C=O) groups is 4. The molecule has 1 aromatic heterocycles. The highest BCUT2D eigenvalue weighted by molar-refractivity contribution is 7.85. The van der Waals surface area contributed by atoms with E-state index in [4.69, 9.17) is 18.4 Å². The maximum Gasteiger partial charge on any atom is 0.408 e. The van der Waals surface area contributed by atoms with E-state index in [2.05, 4.69) is 22.2 Å². The normalized spacial score (nSPS) is 25.2. The Kier molecular flexibility index (Phi) is 10.4. The first-order chi connectivity index (χ1) is 24.6. The minimum absolute atomic E-state index is 0.0282. The van der Waals surface area contributed by atoms with Crippen molar-refractivity contribution >= 4 is 45.0 Å². The van der Waals surface area contributed by atoms with Gasteiger partial charge < -0.3 is 29.7 Å². The highest BCUT2D eigenvalue weighted by Gasteiger charge is 2.62. The fourth-order valence-electron chi connectivity index (χ4n) is 6.92. The van der Waals surface area contributed by atoms with Crippen molar-refractivity contribution in [2.75, 3.05) is 13.7 Å². The fourth-order valence-corrected chi connectivity index (χ4v) is 7.93. The number of nitrogens with one attached hydrogen (secondary N) is 3. The van der Waals surface area contributed by atoms with E-state index in [1.165, 1.54) is 11.0 Å². The second-order valence-corrected chi connectivity index (χ2v) is 16.4. The predicted molar refractivity (Wildman–Crippen MR) is 188 cm³/mol. The SMILES string of the molecule is C=C[C@@H]1C[C@]1(NC(=O)C1CC(Oc2ccnc3cc(OC)ccc23)CN1C(=O)[C@@H](NC(=O)OC1CCCC1)C(C)(C)C)C(=O)NS(=O)(=O)OC1CC1. The predicted octanol–water partition coefficient (Wildman–Crippen LogP) is 3.28. The van der Waals surface area contributed by atoms with Crippen molar-refractivity contribution in [2.45, 2.75) is 108 Å². The Bertz CT molecular complexity index is 1840. The van der Waals surface area contributed by atoms with Crippen LogP contribution in [0.4, 0.5) is 4.79 Å². The summed E-state index contributed by atoms with van der Waals surface area (Å²) in [5.41, 5.74) is -1.81. The topological polar surface area (TPSA) is 192 Å². The number of alkyl carbamates (subject to hydrolysis) is 1. The summed E-state index contributed by atoms with van der Waals surface area (Å²) in [4.78, 5) is 61.0. The van der Waals surface area contributed by atoms with Crippen molar-refractivity contribution in [3.63, 3.8) is 0 Å². The Morgan fingerprint density at radius 3 is 2.42 bits per heavy atom. The third-order valence-corrected chi connectivity index (χ3v) is 11.0. The molecule has 1 saturated heterocycles. The number of likely N-dealkylation sites (tertiary alicyclic amines) is 1. The number of methoxy groups -OCH3 is 1. The standard InChI is InChI=1S/C36H47N5O10S/c1-6-21-19-36(21,33(44)40-52(46,47)51-23-11-12-23)39-31(42)28-18-25(49-29-15-16-37-27-17-24(48-5)13-14-26(27)29)20-41(28)32(43)30(35(2,3)4)38-34(45)50-22-9-7-8-10-22/h6,13-17,21-23,25,28,30H,1,7-12,18-20H2,2-5H3,(H,38,45)(H,39,42)(H,40,44)/t21-,25?,28?,30-,36-/m1/s1.